The van der Waals surface area contributed by atoms with E-state index in [-0.39, 0.29) is 28.3 Å². The van der Waals surface area contributed by atoms with Crippen molar-refractivity contribution in [2.24, 2.45) is 50.7 Å². The molecule has 0 bridgehead atoms. The third kappa shape index (κ3) is 2.93. The minimum atomic E-state index is -0.567. The van der Waals surface area contributed by atoms with Crippen molar-refractivity contribution in [1.82, 2.24) is 0 Å². The number of carboxylic acids is 1. The summed E-state index contributed by atoms with van der Waals surface area (Å²) >= 11 is 0. The fraction of sp³-hybridized carbons (Fsp3) is 0.900. The predicted molar refractivity (Wildman–Crippen MR) is 133 cm³/mol. The summed E-state index contributed by atoms with van der Waals surface area (Å²) < 4.78 is 0. The largest absolute Gasteiger partial charge is 0.481 e. The molecule has 5 aliphatic rings. The number of rotatable bonds is 5. The molecule has 0 aromatic heterocycles. The number of fused-ring (bicyclic) bond motifs is 2. The summed E-state index contributed by atoms with van der Waals surface area (Å²) in [5.41, 5.74) is 2.64. The zero-order chi connectivity index (χ0) is 24.0. The molecule has 0 amide bonds. The lowest BCUT2D eigenvalue weighted by Crippen LogP contribution is -2.57. The summed E-state index contributed by atoms with van der Waals surface area (Å²) in [7, 11) is 0. The van der Waals surface area contributed by atoms with Gasteiger partial charge in [0, 0.05) is 0 Å². The lowest BCUT2D eigenvalue weighted by Gasteiger charge is -2.63. The number of carboxylic acid groups (broad SMARTS) is 1. The van der Waals surface area contributed by atoms with Crippen LogP contribution in [0.25, 0.3) is 0 Å². The van der Waals surface area contributed by atoms with Gasteiger partial charge >= 0.3 is 5.97 Å². The van der Waals surface area contributed by atoms with Gasteiger partial charge in [0.15, 0.2) is 0 Å². The van der Waals surface area contributed by atoms with E-state index < -0.39 is 5.97 Å². The first-order valence-electron chi connectivity index (χ1n) is 13.9. The fourth-order valence-electron chi connectivity index (χ4n) is 11.1. The second-order valence-electron chi connectivity index (χ2n) is 14.3. The molecule has 0 unspecified atom stereocenters. The second kappa shape index (κ2) is 7.34. The molecular formula is C30H48O3. The van der Waals surface area contributed by atoms with E-state index >= 15 is 0 Å². The molecule has 33 heavy (non-hydrogen) atoms. The predicted octanol–water partition coefficient (Wildman–Crippen LogP) is 7.23. The molecule has 3 nitrogen and oxygen atoms in total. The van der Waals surface area contributed by atoms with E-state index in [1.165, 1.54) is 50.5 Å². The first kappa shape index (κ1) is 23.9. The maximum absolute atomic E-state index is 12.5. The number of aliphatic hydroxyl groups excluding tert-OH is 1. The maximum Gasteiger partial charge on any atom is 0.306 e. The summed E-state index contributed by atoms with van der Waals surface area (Å²) in [6.45, 7) is 13.9. The number of allylic oxidation sites excluding steroid dienone is 2. The minimum absolute atomic E-state index is 0.0336. The van der Waals surface area contributed by atoms with Crippen molar-refractivity contribution in [2.45, 2.75) is 118 Å². The Bertz CT molecular complexity index is 855. The molecule has 5 fully saturated rings. The Balaban J connectivity index is 1.44. The summed E-state index contributed by atoms with van der Waals surface area (Å²) in [6.07, 6.45) is 14.6. The average Bonchev–Trinajstić information content (AvgIpc) is 3.32. The summed E-state index contributed by atoms with van der Waals surface area (Å²) in [5, 5.41) is 21.1. The molecule has 3 heteroatoms. The average molecular weight is 457 g/mol. The van der Waals surface area contributed by atoms with E-state index in [1.807, 2.05) is 0 Å². The normalized spacial score (nSPS) is 50.3. The van der Waals surface area contributed by atoms with Gasteiger partial charge in [-0.3, -0.25) is 4.79 Å². The third-order valence-corrected chi connectivity index (χ3v) is 13.0. The molecule has 5 rings (SSSR count). The summed E-state index contributed by atoms with van der Waals surface area (Å²) in [4.78, 5) is 12.5. The van der Waals surface area contributed by atoms with E-state index in [9.17, 15) is 15.0 Å². The lowest BCUT2D eigenvalue weighted by molar-refractivity contribution is -0.167. The van der Waals surface area contributed by atoms with E-state index in [4.69, 9.17) is 0 Å². The number of aliphatic carboxylic acids is 1. The van der Waals surface area contributed by atoms with Crippen LogP contribution in [0.3, 0.4) is 0 Å². The standard InChI is InChI=1S/C30H48O3/c1-19(2)8-7-9-20(25(32)33)21-12-14-28(6)23-11-10-22-26(3,4)24(31)13-15-29(22)18-30(23,29)17-16-27(21,28)5/h8,20-24,31H,7,9-18H2,1-6H3,(H,32,33)/t20-,21-,22+,23+,24+,27-,28+,29-,30+/m1/s1. The highest BCUT2D eigenvalue weighted by Gasteiger charge is 2.82. The van der Waals surface area contributed by atoms with Crippen LogP contribution in [-0.2, 0) is 4.79 Å². The summed E-state index contributed by atoms with van der Waals surface area (Å²) in [6, 6.07) is 0. The van der Waals surface area contributed by atoms with Crippen LogP contribution in [0.5, 0.6) is 0 Å². The third-order valence-electron chi connectivity index (χ3n) is 13.0. The highest BCUT2D eigenvalue weighted by atomic mass is 16.4. The van der Waals surface area contributed by atoms with Gasteiger partial charge in [-0.1, -0.05) is 39.3 Å². The Morgan fingerprint density at radius 1 is 0.909 bits per heavy atom. The highest BCUT2D eigenvalue weighted by Crippen LogP contribution is 2.89. The van der Waals surface area contributed by atoms with Crippen LogP contribution >= 0.6 is 0 Å². The number of carbonyl (C=O) groups is 1. The monoisotopic (exact) mass is 456 g/mol. The first-order chi connectivity index (χ1) is 15.4. The molecule has 2 N–H and O–H groups in total. The Morgan fingerprint density at radius 3 is 2.24 bits per heavy atom. The molecular weight excluding hydrogens is 408 g/mol. The molecule has 0 aliphatic heterocycles. The minimum Gasteiger partial charge on any atom is -0.481 e. The number of aliphatic hydroxyl groups is 1. The van der Waals surface area contributed by atoms with E-state index in [2.05, 4.69) is 47.6 Å². The van der Waals surface area contributed by atoms with Crippen LogP contribution in [-0.4, -0.2) is 22.3 Å². The van der Waals surface area contributed by atoms with Crippen molar-refractivity contribution in [3.63, 3.8) is 0 Å². The topological polar surface area (TPSA) is 57.5 Å². The molecule has 2 spiro atoms. The van der Waals surface area contributed by atoms with Gasteiger partial charge in [-0.05, 0) is 129 Å². The SMILES string of the molecule is CC(C)=CCC[C@@H](C(=O)O)[C@H]1CC[C@@]2(C)[C@@H]3CC[C@H]4C(C)(C)[C@@H](O)CC[C@@]45C[C@@]35CC[C@]12C. The molecule has 5 saturated carbocycles. The Labute approximate surface area is 201 Å². The Morgan fingerprint density at radius 2 is 1.58 bits per heavy atom. The van der Waals surface area contributed by atoms with Crippen molar-refractivity contribution >= 4 is 5.97 Å². The van der Waals surface area contributed by atoms with Crippen LogP contribution in [0.4, 0.5) is 0 Å². The van der Waals surface area contributed by atoms with Crippen LogP contribution < -0.4 is 0 Å². The van der Waals surface area contributed by atoms with Crippen molar-refractivity contribution in [3.05, 3.63) is 11.6 Å². The second-order valence-corrected chi connectivity index (χ2v) is 14.3. The number of hydrogen-bond acceptors (Lipinski definition) is 2. The van der Waals surface area contributed by atoms with Crippen molar-refractivity contribution in [2.75, 3.05) is 0 Å². The van der Waals surface area contributed by atoms with Crippen molar-refractivity contribution in [3.8, 4) is 0 Å². The zero-order valence-corrected chi connectivity index (χ0v) is 22.0. The molecule has 186 valence electrons. The molecule has 0 saturated heterocycles. The summed E-state index contributed by atoms with van der Waals surface area (Å²) in [5.74, 6) is 0.923. The van der Waals surface area contributed by atoms with Gasteiger partial charge in [0.25, 0.3) is 0 Å². The molecule has 0 aromatic carbocycles. The molecule has 0 aromatic rings. The van der Waals surface area contributed by atoms with Crippen LogP contribution in [0.1, 0.15) is 112 Å². The number of hydrogen-bond donors (Lipinski definition) is 2. The van der Waals surface area contributed by atoms with Crippen LogP contribution in [0.15, 0.2) is 11.6 Å². The van der Waals surface area contributed by atoms with Gasteiger partial charge in [0.2, 0.25) is 0 Å². The highest BCUT2D eigenvalue weighted by molar-refractivity contribution is 5.70. The smallest absolute Gasteiger partial charge is 0.306 e. The first-order valence-corrected chi connectivity index (χ1v) is 13.9. The molecule has 5 aliphatic carbocycles. The quantitative estimate of drug-likeness (QED) is 0.429. The van der Waals surface area contributed by atoms with Crippen molar-refractivity contribution < 1.29 is 15.0 Å². The van der Waals surface area contributed by atoms with Crippen LogP contribution in [0.2, 0.25) is 0 Å². The van der Waals surface area contributed by atoms with E-state index in [1.54, 1.807) is 0 Å². The van der Waals surface area contributed by atoms with Gasteiger partial charge in [0.05, 0.1) is 12.0 Å². The van der Waals surface area contributed by atoms with Gasteiger partial charge in [-0.15, -0.1) is 0 Å². The van der Waals surface area contributed by atoms with E-state index in [0.29, 0.717) is 22.7 Å². The van der Waals surface area contributed by atoms with Gasteiger partial charge in [-0.25, -0.2) is 0 Å². The van der Waals surface area contributed by atoms with Gasteiger partial charge < -0.3 is 10.2 Å². The zero-order valence-electron chi connectivity index (χ0n) is 22.0. The van der Waals surface area contributed by atoms with Crippen molar-refractivity contribution in [1.29, 1.82) is 0 Å². The Kier molecular flexibility index (Phi) is 5.31. The molecule has 0 radical (unpaired) electrons. The maximum atomic E-state index is 12.5. The Hall–Kier alpha value is -0.830. The van der Waals surface area contributed by atoms with Gasteiger partial charge in [0.1, 0.15) is 0 Å². The molecule has 0 heterocycles. The van der Waals surface area contributed by atoms with E-state index in [0.717, 1.165) is 31.6 Å². The lowest BCUT2D eigenvalue weighted by atomic mass is 9.41. The molecule has 9 atom stereocenters. The fourth-order valence-corrected chi connectivity index (χ4v) is 11.1. The van der Waals surface area contributed by atoms with Crippen LogP contribution in [0, 0.1) is 50.7 Å². The van der Waals surface area contributed by atoms with Gasteiger partial charge in [-0.2, -0.15) is 0 Å².